The van der Waals surface area contributed by atoms with Gasteiger partial charge in [-0.2, -0.15) is 0 Å². The van der Waals surface area contributed by atoms with Gasteiger partial charge in [-0.1, -0.05) is 18.2 Å². The SMILES string of the molecule is CCOc1cc(NC(=NC)NCc2ccccc2OC2CCC2)ccc1OC.I. The van der Waals surface area contributed by atoms with Gasteiger partial charge in [-0.25, -0.2) is 0 Å². The number of benzene rings is 2. The van der Waals surface area contributed by atoms with E-state index in [2.05, 4.69) is 21.7 Å². The third kappa shape index (κ3) is 6.42. The van der Waals surface area contributed by atoms with Crippen LogP contribution in [0.15, 0.2) is 47.5 Å². The summed E-state index contributed by atoms with van der Waals surface area (Å²) in [7, 11) is 3.38. The molecule has 1 saturated carbocycles. The number of nitrogens with zero attached hydrogens (tertiary/aromatic N) is 1. The van der Waals surface area contributed by atoms with Crippen molar-refractivity contribution < 1.29 is 14.2 Å². The third-order valence-corrected chi connectivity index (χ3v) is 4.71. The quantitative estimate of drug-likeness (QED) is 0.302. The van der Waals surface area contributed by atoms with Crippen LogP contribution in [-0.2, 0) is 6.54 Å². The van der Waals surface area contributed by atoms with Crippen molar-refractivity contribution in [1.29, 1.82) is 0 Å². The molecule has 1 aliphatic rings. The molecule has 0 amide bonds. The van der Waals surface area contributed by atoms with Gasteiger partial charge in [-0.3, -0.25) is 4.99 Å². The maximum absolute atomic E-state index is 6.10. The summed E-state index contributed by atoms with van der Waals surface area (Å²) in [5, 5.41) is 6.64. The summed E-state index contributed by atoms with van der Waals surface area (Å²) in [5.74, 6) is 3.02. The topological polar surface area (TPSA) is 64.1 Å². The van der Waals surface area contributed by atoms with E-state index >= 15 is 0 Å². The average Bonchev–Trinajstić information content (AvgIpc) is 2.69. The number of rotatable bonds is 8. The highest BCUT2D eigenvalue weighted by atomic mass is 127. The first-order chi connectivity index (χ1) is 13.7. The molecule has 0 aliphatic heterocycles. The fraction of sp³-hybridized carbons (Fsp3) is 0.409. The van der Waals surface area contributed by atoms with Gasteiger partial charge in [0, 0.05) is 30.9 Å². The maximum atomic E-state index is 6.10. The van der Waals surface area contributed by atoms with Gasteiger partial charge in [-0.15, -0.1) is 24.0 Å². The first-order valence-electron chi connectivity index (χ1n) is 9.76. The monoisotopic (exact) mass is 511 g/mol. The third-order valence-electron chi connectivity index (χ3n) is 4.71. The number of methoxy groups -OCH3 is 1. The fourth-order valence-electron chi connectivity index (χ4n) is 2.95. The number of para-hydroxylation sites is 1. The minimum Gasteiger partial charge on any atom is -0.493 e. The van der Waals surface area contributed by atoms with Crippen LogP contribution in [-0.4, -0.2) is 32.8 Å². The molecule has 1 aliphatic carbocycles. The first-order valence-corrected chi connectivity index (χ1v) is 9.76. The van der Waals surface area contributed by atoms with E-state index in [1.165, 1.54) is 6.42 Å². The van der Waals surface area contributed by atoms with E-state index in [1.807, 2.05) is 43.3 Å². The molecule has 158 valence electrons. The molecule has 0 radical (unpaired) electrons. The van der Waals surface area contributed by atoms with Gasteiger partial charge in [0.15, 0.2) is 17.5 Å². The van der Waals surface area contributed by atoms with E-state index in [0.717, 1.165) is 29.8 Å². The number of hydrogen-bond acceptors (Lipinski definition) is 4. The van der Waals surface area contributed by atoms with E-state index < -0.39 is 0 Å². The Morgan fingerprint density at radius 3 is 2.55 bits per heavy atom. The van der Waals surface area contributed by atoms with Crippen LogP contribution in [0.25, 0.3) is 0 Å². The zero-order chi connectivity index (χ0) is 19.8. The number of hydrogen-bond donors (Lipinski definition) is 2. The molecule has 0 aromatic heterocycles. The second-order valence-electron chi connectivity index (χ2n) is 6.63. The van der Waals surface area contributed by atoms with Crippen LogP contribution in [0.4, 0.5) is 5.69 Å². The summed E-state index contributed by atoms with van der Waals surface area (Å²) in [6.45, 7) is 3.14. The van der Waals surface area contributed by atoms with E-state index in [-0.39, 0.29) is 24.0 Å². The Labute approximate surface area is 190 Å². The van der Waals surface area contributed by atoms with E-state index in [9.17, 15) is 0 Å². The van der Waals surface area contributed by atoms with E-state index in [0.29, 0.717) is 36.7 Å². The molecule has 3 rings (SSSR count). The molecule has 0 atom stereocenters. The summed E-state index contributed by atoms with van der Waals surface area (Å²) in [4.78, 5) is 4.32. The van der Waals surface area contributed by atoms with Crippen molar-refractivity contribution in [3.05, 3.63) is 48.0 Å². The highest BCUT2D eigenvalue weighted by Crippen LogP contribution is 2.30. The zero-order valence-electron chi connectivity index (χ0n) is 17.2. The lowest BCUT2D eigenvalue weighted by molar-refractivity contribution is 0.119. The van der Waals surface area contributed by atoms with Crippen LogP contribution in [0.2, 0.25) is 0 Å². The molecule has 29 heavy (non-hydrogen) atoms. The van der Waals surface area contributed by atoms with Crippen LogP contribution >= 0.6 is 24.0 Å². The second kappa shape index (κ2) is 11.7. The van der Waals surface area contributed by atoms with Crippen LogP contribution in [0.5, 0.6) is 17.2 Å². The molecular weight excluding hydrogens is 481 g/mol. The number of nitrogens with one attached hydrogen (secondary N) is 2. The van der Waals surface area contributed by atoms with Crippen molar-refractivity contribution in [1.82, 2.24) is 5.32 Å². The molecule has 0 saturated heterocycles. The van der Waals surface area contributed by atoms with Gasteiger partial charge in [0.05, 0.1) is 19.8 Å². The molecule has 2 N–H and O–H groups in total. The van der Waals surface area contributed by atoms with Crippen molar-refractivity contribution in [3.63, 3.8) is 0 Å². The molecule has 0 bridgehead atoms. The maximum Gasteiger partial charge on any atom is 0.195 e. The standard InChI is InChI=1S/C22H29N3O3.HI/c1-4-27-21-14-17(12-13-20(21)26-3)25-22(23-2)24-15-16-8-5-6-11-19(16)28-18-9-7-10-18;/h5-6,8,11-14,18H,4,7,9-10,15H2,1-3H3,(H2,23,24,25);1H. The Morgan fingerprint density at radius 2 is 1.90 bits per heavy atom. The molecule has 1 fully saturated rings. The van der Waals surface area contributed by atoms with Crippen molar-refractivity contribution >= 4 is 35.6 Å². The molecule has 2 aromatic rings. The molecule has 7 heteroatoms. The van der Waals surface area contributed by atoms with Gasteiger partial charge in [-0.05, 0) is 44.4 Å². The summed E-state index contributed by atoms with van der Waals surface area (Å²) in [6, 6.07) is 13.9. The summed E-state index contributed by atoms with van der Waals surface area (Å²) >= 11 is 0. The van der Waals surface area contributed by atoms with Crippen molar-refractivity contribution in [3.8, 4) is 17.2 Å². The number of ether oxygens (including phenoxy) is 3. The predicted octanol–water partition coefficient (Wildman–Crippen LogP) is 4.83. The highest BCUT2D eigenvalue weighted by Gasteiger charge is 2.20. The predicted molar refractivity (Wildman–Crippen MR) is 128 cm³/mol. The van der Waals surface area contributed by atoms with Gasteiger partial charge in [0.1, 0.15) is 5.75 Å². The lowest BCUT2D eigenvalue weighted by Gasteiger charge is -2.27. The van der Waals surface area contributed by atoms with E-state index in [4.69, 9.17) is 14.2 Å². The molecular formula is C22H30IN3O3. The number of aliphatic imine (C=N–C) groups is 1. The van der Waals surface area contributed by atoms with Crippen LogP contribution < -0.4 is 24.8 Å². The van der Waals surface area contributed by atoms with Gasteiger partial charge < -0.3 is 24.8 Å². The molecule has 6 nitrogen and oxygen atoms in total. The fourth-order valence-corrected chi connectivity index (χ4v) is 2.95. The lowest BCUT2D eigenvalue weighted by atomic mass is 9.96. The average molecular weight is 511 g/mol. The molecule has 2 aromatic carbocycles. The Hall–Kier alpha value is -2.16. The van der Waals surface area contributed by atoms with Crippen molar-refractivity contribution in [2.75, 3.05) is 26.1 Å². The smallest absolute Gasteiger partial charge is 0.195 e. The largest absolute Gasteiger partial charge is 0.493 e. The Balaban J connectivity index is 0.00000300. The van der Waals surface area contributed by atoms with Crippen LogP contribution in [0.3, 0.4) is 0 Å². The number of anilines is 1. The second-order valence-corrected chi connectivity index (χ2v) is 6.63. The molecule has 0 heterocycles. The van der Waals surface area contributed by atoms with Crippen molar-refractivity contribution in [2.45, 2.75) is 38.8 Å². The number of guanidine groups is 1. The highest BCUT2D eigenvalue weighted by molar-refractivity contribution is 14.0. The Morgan fingerprint density at radius 1 is 1.10 bits per heavy atom. The van der Waals surface area contributed by atoms with Crippen LogP contribution in [0.1, 0.15) is 31.7 Å². The summed E-state index contributed by atoms with van der Waals surface area (Å²) in [6.07, 6.45) is 3.90. The van der Waals surface area contributed by atoms with Crippen molar-refractivity contribution in [2.24, 2.45) is 4.99 Å². The normalized spacial score (nSPS) is 13.7. The molecule has 0 spiro atoms. The number of halogens is 1. The van der Waals surface area contributed by atoms with Gasteiger partial charge in [0.25, 0.3) is 0 Å². The Bertz CT molecular complexity index is 810. The van der Waals surface area contributed by atoms with E-state index in [1.54, 1.807) is 14.2 Å². The summed E-state index contributed by atoms with van der Waals surface area (Å²) in [5.41, 5.74) is 1.98. The zero-order valence-corrected chi connectivity index (χ0v) is 19.6. The lowest BCUT2D eigenvalue weighted by Crippen LogP contribution is -2.31. The molecule has 0 unspecified atom stereocenters. The van der Waals surface area contributed by atoms with Gasteiger partial charge >= 0.3 is 0 Å². The minimum absolute atomic E-state index is 0. The first kappa shape index (κ1) is 23.1. The summed E-state index contributed by atoms with van der Waals surface area (Å²) < 4.78 is 17.1. The minimum atomic E-state index is 0. The Kier molecular flexibility index (Phi) is 9.37. The van der Waals surface area contributed by atoms with Crippen LogP contribution in [0, 0.1) is 0 Å². The van der Waals surface area contributed by atoms with Gasteiger partial charge in [0.2, 0.25) is 0 Å².